The lowest BCUT2D eigenvalue weighted by Crippen LogP contribution is -1.99. The van der Waals surface area contributed by atoms with Gasteiger partial charge in [0.25, 0.3) is 0 Å². The molecule has 76 valence electrons. The van der Waals surface area contributed by atoms with Crippen molar-refractivity contribution in [2.75, 3.05) is 7.11 Å². The Morgan fingerprint density at radius 3 is 2.80 bits per heavy atom. The van der Waals surface area contributed by atoms with Crippen LogP contribution < -0.4 is 4.74 Å². The van der Waals surface area contributed by atoms with Crippen molar-refractivity contribution in [3.63, 3.8) is 0 Å². The summed E-state index contributed by atoms with van der Waals surface area (Å²) in [7, 11) is 1.57. The average Bonchev–Trinajstić information content (AvgIpc) is 2.27. The second kappa shape index (κ2) is 3.57. The summed E-state index contributed by atoms with van der Waals surface area (Å²) in [4.78, 5) is 14.7. The van der Waals surface area contributed by atoms with E-state index in [-0.39, 0.29) is 5.69 Å². The molecule has 0 aliphatic heterocycles. The molecule has 0 atom stereocenters. The third-order valence-corrected chi connectivity index (χ3v) is 2.13. The van der Waals surface area contributed by atoms with Crippen LogP contribution in [0.25, 0.3) is 10.9 Å². The Morgan fingerprint density at radius 2 is 2.13 bits per heavy atom. The zero-order valence-corrected chi connectivity index (χ0v) is 8.10. The van der Waals surface area contributed by atoms with Crippen molar-refractivity contribution in [3.05, 3.63) is 36.0 Å². The number of aromatic carboxylic acids is 1. The molecule has 4 heteroatoms. The first-order chi connectivity index (χ1) is 7.22. The summed E-state index contributed by atoms with van der Waals surface area (Å²) in [5, 5.41) is 9.59. The van der Waals surface area contributed by atoms with Gasteiger partial charge in [-0.05, 0) is 24.3 Å². The zero-order chi connectivity index (χ0) is 10.8. The number of rotatable bonds is 2. The number of fused-ring (bicyclic) bond motifs is 1. The van der Waals surface area contributed by atoms with E-state index in [1.807, 2.05) is 6.07 Å². The van der Waals surface area contributed by atoms with Gasteiger partial charge in [0.15, 0.2) is 0 Å². The number of carbonyl (C=O) groups is 1. The van der Waals surface area contributed by atoms with E-state index in [0.29, 0.717) is 11.3 Å². The van der Waals surface area contributed by atoms with Gasteiger partial charge in [-0.15, -0.1) is 0 Å². The summed E-state index contributed by atoms with van der Waals surface area (Å²) in [6.45, 7) is 0. The maximum atomic E-state index is 10.7. The highest BCUT2D eigenvalue weighted by Gasteiger charge is 2.07. The molecule has 0 aliphatic rings. The molecule has 0 aliphatic carbocycles. The number of hydrogen-bond donors (Lipinski definition) is 1. The predicted molar refractivity (Wildman–Crippen MR) is 55.3 cm³/mol. The lowest BCUT2D eigenvalue weighted by Gasteiger charge is -2.04. The zero-order valence-electron chi connectivity index (χ0n) is 8.10. The normalized spacial score (nSPS) is 10.2. The average molecular weight is 203 g/mol. The van der Waals surface area contributed by atoms with Gasteiger partial charge in [0.05, 0.1) is 12.6 Å². The first-order valence-corrected chi connectivity index (χ1v) is 4.39. The van der Waals surface area contributed by atoms with Crippen molar-refractivity contribution in [2.45, 2.75) is 0 Å². The fourth-order valence-corrected chi connectivity index (χ4v) is 1.42. The number of methoxy groups -OCH3 is 1. The molecule has 1 N–H and O–H groups in total. The summed E-state index contributed by atoms with van der Waals surface area (Å²) < 4.78 is 5.14. The molecular weight excluding hydrogens is 194 g/mol. The Balaban J connectivity index is 2.69. The first kappa shape index (κ1) is 9.45. The summed E-state index contributed by atoms with van der Waals surface area (Å²) in [5.41, 5.74) is 0.657. The number of carboxylic acid groups (broad SMARTS) is 1. The maximum absolute atomic E-state index is 10.7. The van der Waals surface area contributed by atoms with Gasteiger partial charge in [0.2, 0.25) is 0 Å². The molecule has 2 rings (SSSR count). The number of nitrogens with zero attached hydrogens (tertiary/aromatic N) is 1. The molecule has 0 saturated carbocycles. The summed E-state index contributed by atoms with van der Waals surface area (Å²) in [5.74, 6) is -0.336. The number of ether oxygens (including phenoxy) is 1. The van der Waals surface area contributed by atoms with Crippen LogP contribution in [-0.4, -0.2) is 23.2 Å². The molecule has 0 amide bonds. The highest BCUT2D eigenvalue weighted by Crippen LogP contribution is 2.23. The number of aromatic nitrogens is 1. The second-order valence-corrected chi connectivity index (χ2v) is 3.03. The van der Waals surface area contributed by atoms with E-state index < -0.39 is 5.97 Å². The van der Waals surface area contributed by atoms with Gasteiger partial charge in [-0.2, -0.15) is 0 Å². The predicted octanol–water partition coefficient (Wildman–Crippen LogP) is 1.94. The van der Waals surface area contributed by atoms with Gasteiger partial charge in [-0.1, -0.05) is 6.07 Å². The van der Waals surface area contributed by atoms with E-state index in [2.05, 4.69) is 4.98 Å². The van der Waals surface area contributed by atoms with Crippen LogP contribution in [0.3, 0.4) is 0 Å². The number of pyridine rings is 1. The minimum atomic E-state index is -1.03. The van der Waals surface area contributed by atoms with E-state index in [1.54, 1.807) is 25.3 Å². The van der Waals surface area contributed by atoms with Crippen molar-refractivity contribution < 1.29 is 14.6 Å². The molecule has 0 unspecified atom stereocenters. The van der Waals surface area contributed by atoms with Crippen LogP contribution in [0.1, 0.15) is 10.5 Å². The van der Waals surface area contributed by atoms with E-state index in [1.165, 1.54) is 6.07 Å². The van der Waals surface area contributed by atoms with Crippen molar-refractivity contribution in [2.24, 2.45) is 0 Å². The molecule has 1 heterocycles. The van der Waals surface area contributed by atoms with Gasteiger partial charge in [0.1, 0.15) is 11.4 Å². The lowest BCUT2D eigenvalue weighted by molar-refractivity contribution is 0.0691. The molecule has 0 fully saturated rings. The Kier molecular flexibility index (Phi) is 2.25. The Morgan fingerprint density at radius 1 is 1.33 bits per heavy atom. The van der Waals surface area contributed by atoms with Gasteiger partial charge >= 0.3 is 5.97 Å². The molecule has 1 aromatic heterocycles. The largest absolute Gasteiger partial charge is 0.496 e. The van der Waals surface area contributed by atoms with Crippen molar-refractivity contribution in [3.8, 4) is 5.75 Å². The minimum Gasteiger partial charge on any atom is -0.496 e. The topological polar surface area (TPSA) is 59.4 Å². The van der Waals surface area contributed by atoms with Crippen LogP contribution >= 0.6 is 0 Å². The monoisotopic (exact) mass is 203 g/mol. The van der Waals surface area contributed by atoms with Crippen LogP contribution in [0.4, 0.5) is 0 Å². The van der Waals surface area contributed by atoms with Crippen LogP contribution in [0.2, 0.25) is 0 Å². The molecule has 0 saturated heterocycles. The molecule has 2 aromatic rings. The van der Waals surface area contributed by atoms with E-state index >= 15 is 0 Å². The van der Waals surface area contributed by atoms with Gasteiger partial charge in [-0.3, -0.25) is 0 Å². The Hall–Kier alpha value is -2.10. The van der Waals surface area contributed by atoms with Crippen molar-refractivity contribution in [1.29, 1.82) is 0 Å². The van der Waals surface area contributed by atoms with E-state index in [9.17, 15) is 4.79 Å². The van der Waals surface area contributed by atoms with Crippen LogP contribution in [-0.2, 0) is 0 Å². The van der Waals surface area contributed by atoms with Gasteiger partial charge in [0, 0.05) is 5.39 Å². The highest BCUT2D eigenvalue weighted by molar-refractivity contribution is 5.91. The Labute approximate surface area is 86.1 Å². The third-order valence-electron chi connectivity index (χ3n) is 2.13. The minimum absolute atomic E-state index is 0.0377. The van der Waals surface area contributed by atoms with E-state index in [4.69, 9.17) is 9.84 Å². The quantitative estimate of drug-likeness (QED) is 0.810. The Bertz CT molecular complexity index is 522. The number of carboxylic acids is 1. The van der Waals surface area contributed by atoms with Crippen LogP contribution in [0.15, 0.2) is 30.3 Å². The molecular formula is C11H9NO3. The smallest absolute Gasteiger partial charge is 0.354 e. The third kappa shape index (κ3) is 1.61. The maximum Gasteiger partial charge on any atom is 0.354 e. The summed E-state index contributed by atoms with van der Waals surface area (Å²) in [6.07, 6.45) is 0. The molecule has 0 spiro atoms. The van der Waals surface area contributed by atoms with Gasteiger partial charge in [-0.25, -0.2) is 9.78 Å². The SMILES string of the molecule is COc1cccc2nc(C(=O)O)ccc12. The first-order valence-electron chi connectivity index (χ1n) is 4.39. The highest BCUT2D eigenvalue weighted by atomic mass is 16.5. The van der Waals surface area contributed by atoms with E-state index in [0.717, 1.165) is 5.39 Å². The standard InChI is InChI=1S/C11H9NO3/c1-15-10-4-2-3-8-7(10)5-6-9(12-8)11(13)14/h2-6H,1H3,(H,13,14). The molecule has 1 aromatic carbocycles. The number of hydrogen-bond acceptors (Lipinski definition) is 3. The molecule has 0 bridgehead atoms. The van der Waals surface area contributed by atoms with Crippen LogP contribution in [0.5, 0.6) is 5.75 Å². The summed E-state index contributed by atoms with van der Waals surface area (Å²) >= 11 is 0. The fourth-order valence-electron chi connectivity index (χ4n) is 1.42. The molecule has 4 nitrogen and oxygen atoms in total. The fraction of sp³-hybridized carbons (Fsp3) is 0.0909. The van der Waals surface area contributed by atoms with Crippen molar-refractivity contribution in [1.82, 2.24) is 4.98 Å². The molecule has 0 radical (unpaired) electrons. The molecule has 15 heavy (non-hydrogen) atoms. The lowest BCUT2D eigenvalue weighted by atomic mass is 10.2. The van der Waals surface area contributed by atoms with Crippen molar-refractivity contribution >= 4 is 16.9 Å². The van der Waals surface area contributed by atoms with Gasteiger partial charge < -0.3 is 9.84 Å². The number of benzene rings is 1. The summed E-state index contributed by atoms with van der Waals surface area (Å²) in [6, 6.07) is 8.51. The van der Waals surface area contributed by atoms with Crippen LogP contribution in [0, 0.1) is 0 Å². The second-order valence-electron chi connectivity index (χ2n) is 3.03.